The first kappa shape index (κ1) is 15.4. The van der Waals surface area contributed by atoms with Crippen molar-refractivity contribution in [3.8, 4) is 0 Å². The van der Waals surface area contributed by atoms with E-state index in [9.17, 15) is 9.59 Å². The number of nitrogens with zero attached hydrogens (tertiary/aromatic N) is 1. The maximum absolute atomic E-state index is 11.5. The predicted molar refractivity (Wildman–Crippen MR) is 77.5 cm³/mol. The van der Waals surface area contributed by atoms with Gasteiger partial charge in [-0.1, -0.05) is 18.2 Å². The lowest BCUT2D eigenvalue weighted by atomic mass is 10.0. The summed E-state index contributed by atoms with van der Waals surface area (Å²) in [5.74, 6) is -0.521. The number of ether oxygens (including phenoxy) is 1. The molecule has 5 heteroatoms. The molecule has 112 valence electrons. The van der Waals surface area contributed by atoms with E-state index in [1.54, 1.807) is 7.11 Å². The van der Waals surface area contributed by atoms with Crippen LogP contribution in [0.2, 0.25) is 0 Å². The molecule has 2 rings (SSSR count). The molecule has 21 heavy (non-hydrogen) atoms. The molecular formula is C16H19NO4. The molecule has 1 N–H and O–H groups in total. The quantitative estimate of drug-likeness (QED) is 0.755. The van der Waals surface area contributed by atoms with E-state index in [1.807, 2.05) is 18.2 Å². The Morgan fingerprint density at radius 1 is 1.00 bits per heavy atom. The molecule has 0 atom stereocenters. The third kappa shape index (κ3) is 4.00. The summed E-state index contributed by atoms with van der Waals surface area (Å²) < 4.78 is 5.14. The maximum atomic E-state index is 11.5. The SMILES string of the molecule is COCc1cc(CCO)cc(CCN2C(=O)C=CC2=O)c1. The fourth-order valence-electron chi connectivity index (χ4n) is 2.40. The lowest BCUT2D eigenvalue weighted by molar-refractivity contribution is -0.136. The number of aliphatic hydroxyl groups excluding tert-OH is 1. The summed E-state index contributed by atoms with van der Waals surface area (Å²) >= 11 is 0. The van der Waals surface area contributed by atoms with E-state index in [0.717, 1.165) is 16.7 Å². The van der Waals surface area contributed by atoms with Crippen molar-refractivity contribution in [2.24, 2.45) is 0 Å². The number of imide groups is 1. The van der Waals surface area contributed by atoms with Gasteiger partial charge in [-0.2, -0.15) is 0 Å². The summed E-state index contributed by atoms with van der Waals surface area (Å²) in [5, 5.41) is 9.07. The van der Waals surface area contributed by atoms with Crippen LogP contribution in [0.3, 0.4) is 0 Å². The van der Waals surface area contributed by atoms with Crippen LogP contribution in [-0.2, 0) is 33.8 Å². The molecule has 0 radical (unpaired) electrons. The van der Waals surface area contributed by atoms with E-state index in [4.69, 9.17) is 9.84 Å². The molecule has 0 aromatic heterocycles. The number of amides is 2. The van der Waals surface area contributed by atoms with Gasteiger partial charge in [-0.05, 0) is 29.5 Å². The maximum Gasteiger partial charge on any atom is 0.253 e. The molecule has 0 saturated carbocycles. The molecular weight excluding hydrogens is 270 g/mol. The third-order valence-electron chi connectivity index (χ3n) is 3.35. The van der Waals surface area contributed by atoms with E-state index in [-0.39, 0.29) is 18.4 Å². The molecule has 0 bridgehead atoms. The highest BCUT2D eigenvalue weighted by Crippen LogP contribution is 2.14. The second-order valence-corrected chi connectivity index (χ2v) is 4.98. The molecule has 0 aliphatic carbocycles. The molecule has 0 fully saturated rings. The van der Waals surface area contributed by atoms with Crippen LogP contribution in [0.1, 0.15) is 16.7 Å². The molecule has 0 spiro atoms. The Morgan fingerprint density at radius 3 is 2.14 bits per heavy atom. The van der Waals surface area contributed by atoms with Gasteiger partial charge in [0.1, 0.15) is 0 Å². The fraction of sp³-hybridized carbons (Fsp3) is 0.375. The first-order valence-electron chi connectivity index (χ1n) is 6.89. The molecule has 2 amide bonds. The van der Waals surface area contributed by atoms with Crippen molar-refractivity contribution in [1.82, 2.24) is 4.90 Å². The van der Waals surface area contributed by atoms with Gasteiger partial charge in [-0.25, -0.2) is 0 Å². The predicted octanol–water partition coefficient (Wildman–Crippen LogP) is 0.835. The van der Waals surface area contributed by atoms with Crippen LogP contribution in [0.15, 0.2) is 30.4 Å². The van der Waals surface area contributed by atoms with Gasteiger partial charge in [0, 0.05) is 32.4 Å². The van der Waals surface area contributed by atoms with Crippen molar-refractivity contribution >= 4 is 11.8 Å². The Balaban J connectivity index is 2.07. The summed E-state index contributed by atoms with van der Waals surface area (Å²) in [6, 6.07) is 5.99. The van der Waals surface area contributed by atoms with E-state index >= 15 is 0 Å². The van der Waals surface area contributed by atoms with Crippen molar-refractivity contribution in [1.29, 1.82) is 0 Å². The van der Waals surface area contributed by atoms with E-state index in [1.165, 1.54) is 17.1 Å². The highest BCUT2D eigenvalue weighted by Gasteiger charge is 2.22. The largest absolute Gasteiger partial charge is 0.396 e. The number of hydrogen-bond donors (Lipinski definition) is 1. The smallest absolute Gasteiger partial charge is 0.253 e. The minimum Gasteiger partial charge on any atom is -0.396 e. The second kappa shape index (κ2) is 7.15. The van der Waals surface area contributed by atoms with Crippen LogP contribution in [0, 0.1) is 0 Å². The van der Waals surface area contributed by atoms with Gasteiger partial charge in [0.05, 0.1) is 6.61 Å². The van der Waals surface area contributed by atoms with E-state index in [0.29, 0.717) is 26.0 Å². The van der Waals surface area contributed by atoms with Gasteiger partial charge in [0.2, 0.25) is 0 Å². The number of hydrogen-bond acceptors (Lipinski definition) is 4. The zero-order valence-electron chi connectivity index (χ0n) is 12.0. The number of benzene rings is 1. The Bertz CT molecular complexity index is 523. The van der Waals surface area contributed by atoms with Gasteiger partial charge in [-0.15, -0.1) is 0 Å². The average molecular weight is 289 g/mol. The monoisotopic (exact) mass is 289 g/mol. The number of aliphatic hydroxyl groups is 1. The Kier molecular flexibility index (Phi) is 5.25. The minimum absolute atomic E-state index is 0.0862. The standard InChI is InChI=1S/C16H19NO4/c1-21-11-14-9-12(8-13(10-14)5-7-18)4-6-17-15(19)2-3-16(17)20/h2-3,8-10,18H,4-7,11H2,1H3. The number of carbonyl (C=O) groups excluding carboxylic acids is 2. The van der Waals surface area contributed by atoms with Crippen LogP contribution in [-0.4, -0.2) is 42.1 Å². The fourth-order valence-corrected chi connectivity index (χ4v) is 2.40. The molecule has 5 nitrogen and oxygen atoms in total. The first-order valence-corrected chi connectivity index (χ1v) is 6.89. The summed E-state index contributed by atoms with van der Waals surface area (Å²) in [5.41, 5.74) is 3.08. The van der Waals surface area contributed by atoms with Crippen LogP contribution < -0.4 is 0 Å². The zero-order valence-corrected chi connectivity index (χ0v) is 12.0. The van der Waals surface area contributed by atoms with Crippen molar-refractivity contribution in [2.45, 2.75) is 19.4 Å². The van der Waals surface area contributed by atoms with Crippen LogP contribution >= 0.6 is 0 Å². The summed E-state index contributed by atoms with van der Waals surface area (Å²) in [7, 11) is 1.63. The first-order chi connectivity index (χ1) is 10.1. The van der Waals surface area contributed by atoms with Gasteiger partial charge in [0.15, 0.2) is 0 Å². The highest BCUT2D eigenvalue weighted by molar-refractivity contribution is 6.12. The molecule has 1 aliphatic rings. The van der Waals surface area contributed by atoms with Crippen LogP contribution in [0.25, 0.3) is 0 Å². The molecule has 1 aromatic carbocycles. The zero-order chi connectivity index (χ0) is 15.2. The Morgan fingerprint density at radius 2 is 1.57 bits per heavy atom. The average Bonchev–Trinajstić information content (AvgIpc) is 2.76. The Labute approximate surface area is 123 Å². The van der Waals surface area contributed by atoms with E-state index < -0.39 is 0 Å². The van der Waals surface area contributed by atoms with Crippen LogP contribution in [0.5, 0.6) is 0 Å². The topological polar surface area (TPSA) is 66.8 Å². The van der Waals surface area contributed by atoms with Gasteiger partial charge in [0.25, 0.3) is 11.8 Å². The van der Waals surface area contributed by atoms with Crippen LogP contribution in [0.4, 0.5) is 0 Å². The molecule has 0 unspecified atom stereocenters. The third-order valence-corrected chi connectivity index (χ3v) is 3.35. The molecule has 1 heterocycles. The molecule has 0 saturated heterocycles. The van der Waals surface area contributed by atoms with Gasteiger partial charge >= 0.3 is 0 Å². The summed E-state index contributed by atoms with van der Waals surface area (Å²) in [6.45, 7) is 0.942. The number of rotatable bonds is 7. The lowest BCUT2D eigenvalue weighted by Crippen LogP contribution is -2.31. The Hall–Kier alpha value is -1.98. The molecule has 1 aliphatic heterocycles. The number of methoxy groups -OCH3 is 1. The van der Waals surface area contributed by atoms with Crippen molar-refractivity contribution < 1.29 is 19.4 Å². The van der Waals surface area contributed by atoms with Gasteiger partial charge < -0.3 is 9.84 Å². The van der Waals surface area contributed by atoms with E-state index in [2.05, 4.69) is 0 Å². The second-order valence-electron chi connectivity index (χ2n) is 4.98. The van der Waals surface area contributed by atoms with Gasteiger partial charge in [-0.3, -0.25) is 14.5 Å². The van der Waals surface area contributed by atoms with Crippen molar-refractivity contribution in [3.63, 3.8) is 0 Å². The lowest BCUT2D eigenvalue weighted by Gasteiger charge is -2.15. The molecule has 1 aromatic rings. The minimum atomic E-state index is -0.261. The van der Waals surface area contributed by atoms with Crippen molar-refractivity contribution in [3.05, 3.63) is 47.0 Å². The summed E-state index contributed by atoms with van der Waals surface area (Å²) in [6.07, 6.45) is 3.75. The summed E-state index contributed by atoms with van der Waals surface area (Å²) in [4.78, 5) is 24.3. The normalized spacial score (nSPS) is 14.3. The van der Waals surface area contributed by atoms with Crippen molar-refractivity contribution in [2.75, 3.05) is 20.3 Å². The number of carbonyl (C=O) groups is 2. The highest BCUT2D eigenvalue weighted by atomic mass is 16.5.